The lowest BCUT2D eigenvalue weighted by Gasteiger charge is -2.24. The van der Waals surface area contributed by atoms with E-state index >= 15 is 0 Å². The molecule has 132 valence electrons. The number of hydrogen-bond donors (Lipinski definition) is 1. The number of amides is 2. The van der Waals surface area contributed by atoms with Crippen LogP contribution in [0.2, 0.25) is 5.02 Å². The van der Waals surface area contributed by atoms with Gasteiger partial charge in [-0.15, -0.1) is 0 Å². The van der Waals surface area contributed by atoms with Gasteiger partial charge in [-0.25, -0.2) is 9.18 Å². The number of halogens is 2. The van der Waals surface area contributed by atoms with Gasteiger partial charge in [0.05, 0.1) is 5.69 Å². The van der Waals surface area contributed by atoms with Gasteiger partial charge in [-0.3, -0.25) is 0 Å². The van der Waals surface area contributed by atoms with Crippen molar-refractivity contribution in [1.82, 2.24) is 4.90 Å². The molecule has 4 nitrogen and oxygen atoms in total. The summed E-state index contributed by atoms with van der Waals surface area (Å²) in [6.07, 6.45) is 2.39. The Morgan fingerprint density at radius 2 is 1.96 bits per heavy atom. The third kappa shape index (κ3) is 4.23. The summed E-state index contributed by atoms with van der Waals surface area (Å²) in [4.78, 5) is 16.3. The first kappa shape index (κ1) is 17.5. The molecule has 0 aliphatic carbocycles. The van der Waals surface area contributed by atoms with E-state index in [1.807, 2.05) is 18.2 Å². The number of urea groups is 1. The molecule has 6 heteroatoms. The van der Waals surface area contributed by atoms with Crippen LogP contribution < -0.4 is 10.2 Å². The Morgan fingerprint density at radius 3 is 2.68 bits per heavy atom. The lowest BCUT2D eigenvalue weighted by molar-refractivity contribution is 0.220. The average Bonchev–Trinajstić information content (AvgIpc) is 3.12. The van der Waals surface area contributed by atoms with Gasteiger partial charge in [0.1, 0.15) is 5.82 Å². The molecule has 2 amide bonds. The Labute approximate surface area is 152 Å². The molecule has 1 N–H and O–H groups in total. The van der Waals surface area contributed by atoms with Gasteiger partial charge in [-0.05, 0) is 42.7 Å². The van der Waals surface area contributed by atoms with Gasteiger partial charge in [-0.1, -0.05) is 29.8 Å². The van der Waals surface area contributed by atoms with E-state index in [-0.39, 0.29) is 11.7 Å². The smallest absolute Gasteiger partial charge is 0.321 e. The number of rotatable bonds is 4. The molecule has 0 unspecified atom stereocenters. The summed E-state index contributed by atoms with van der Waals surface area (Å²) in [5.41, 5.74) is 2.37. The van der Waals surface area contributed by atoms with Crippen molar-refractivity contribution in [1.29, 1.82) is 0 Å². The topological polar surface area (TPSA) is 35.6 Å². The van der Waals surface area contributed by atoms with Crippen molar-refractivity contribution in [2.45, 2.75) is 19.4 Å². The molecular weight excluding hydrogens is 341 g/mol. The number of hydrogen-bond acceptors (Lipinski definition) is 2. The SMILES string of the molecule is CN(Cc1ccccc1N1CCCC1)C(=O)Nc1ccc(Cl)cc1F. The van der Waals surface area contributed by atoms with Crippen LogP contribution in [0.5, 0.6) is 0 Å². The summed E-state index contributed by atoms with van der Waals surface area (Å²) in [6.45, 7) is 2.54. The Hall–Kier alpha value is -2.27. The first-order valence-corrected chi connectivity index (χ1v) is 8.72. The monoisotopic (exact) mass is 361 g/mol. The summed E-state index contributed by atoms with van der Waals surface area (Å²) in [5, 5.41) is 2.88. The molecule has 25 heavy (non-hydrogen) atoms. The molecular formula is C19H21ClFN3O. The molecule has 0 spiro atoms. The van der Waals surface area contributed by atoms with Crippen LogP contribution in [-0.2, 0) is 6.54 Å². The third-order valence-electron chi connectivity index (χ3n) is 4.37. The highest BCUT2D eigenvalue weighted by molar-refractivity contribution is 6.30. The van der Waals surface area contributed by atoms with E-state index in [0.717, 1.165) is 24.3 Å². The summed E-state index contributed by atoms with van der Waals surface area (Å²) < 4.78 is 13.8. The van der Waals surface area contributed by atoms with Crippen molar-refractivity contribution in [3.8, 4) is 0 Å². The molecule has 0 atom stereocenters. The number of nitrogens with one attached hydrogen (secondary N) is 1. The fourth-order valence-corrected chi connectivity index (χ4v) is 3.20. The van der Waals surface area contributed by atoms with E-state index in [1.165, 1.54) is 25.0 Å². The molecule has 2 aromatic carbocycles. The van der Waals surface area contributed by atoms with E-state index in [1.54, 1.807) is 18.0 Å². The molecule has 1 fully saturated rings. The number of nitrogens with zero attached hydrogens (tertiary/aromatic N) is 2. The number of carbonyl (C=O) groups excluding carboxylic acids is 1. The summed E-state index contributed by atoms with van der Waals surface area (Å²) in [7, 11) is 1.70. The maximum absolute atomic E-state index is 13.8. The van der Waals surface area contributed by atoms with Crippen LogP contribution in [0.3, 0.4) is 0 Å². The normalized spacial score (nSPS) is 13.8. The Bertz CT molecular complexity index is 762. The van der Waals surface area contributed by atoms with Crippen molar-refractivity contribution < 1.29 is 9.18 Å². The molecule has 1 saturated heterocycles. The van der Waals surface area contributed by atoms with Crippen molar-refractivity contribution >= 4 is 29.0 Å². The Kier molecular flexibility index (Phi) is 5.43. The number of para-hydroxylation sites is 1. The zero-order chi connectivity index (χ0) is 17.8. The number of anilines is 2. The molecule has 2 aromatic rings. The fraction of sp³-hybridized carbons (Fsp3) is 0.316. The van der Waals surface area contributed by atoms with Gasteiger partial charge in [0, 0.05) is 37.4 Å². The highest BCUT2D eigenvalue weighted by Crippen LogP contribution is 2.26. The zero-order valence-electron chi connectivity index (χ0n) is 14.1. The second kappa shape index (κ2) is 7.74. The highest BCUT2D eigenvalue weighted by atomic mass is 35.5. The zero-order valence-corrected chi connectivity index (χ0v) is 14.9. The molecule has 0 radical (unpaired) electrons. The van der Waals surface area contributed by atoms with Crippen LogP contribution in [0.1, 0.15) is 18.4 Å². The third-order valence-corrected chi connectivity index (χ3v) is 4.60. The van der Waals surface area contributed by atoms with Gasteiger partial charge in [0.25, 0.3) is 0 Å². The van der Waals surface area contributed by atoms with Gasteiger partial charge in [0.15, 0.2) is 0 Å². The van der Waals surface area contributed by atoms with E-state index in [0.29, 0.717) is 11.6 Å². The summed E-state index contributed by atoms with van der Waals surface area (Å²) >= 11 is 5.74. The first-order valence-electron chi connectivity index (χ1n) is 8.34. The Balaban J connectivity index is 1.69. The number of carbonyl (C=O) groups is 1. The van der Waals surface area contributed by atoms with Crippen molar-refractivity contribution in [2.75, 3.05) is 30.4 Å². The minimum absolute atomic E-state index is 0.120. The lowest BCUT2D eigenvalue weighted by atomic mass is 10.1. The minimum atomic E-state index is -0.549. The maximum atomic E-state index is 13.8. The van der Waals surface area contributed by atoms with E-state index in [4.69, 9.17) is 11.6 Å². The van der Waals surface area contributed by atoms with Crippen molar-refractivity contribution in [3.05, 3.63) is 58.9 Å². The quantitative estimate of drug-likeness (QED) is 0.853. The summed E-state index contributed by atoms with van der Waals surface area (Å²) in [6, 6.07) is 11.9. The molecule has 1 heterocycles. The molecule has 0 bridgehead atoms. The Morgan fingerprint density at radius 1 is 1.24 bits per heavy atom. The molecule has 3 rings (SSSR count). The van der Waals surface area contributed by atoms with Crippen LogP contribution in [0.25, 0.3) is 0 Å². The fourth-order valence-electron chi connectivity index (χ4n) is 3.04. The van der Waals surface area contributed by atoms with Crippen molar-refractivity contribution in [3.63, 3.8) is 0 Å². The van der Waals surface area contributed by atoms with Gasteiger partial charge in [0.2, 0.25) is 0 Å². The standard InChI is InChI=1S/C19H21ClFN3O/c1-23(19(25)22-17-9-8-15(20)12-16(17)21)13-14-6-2-3-7-18(14)24-10-4-5-11-24/h2-3,6-9,12H,4-5,10-11,13H2,1H3,(H,22,25). The molecule has 1 aliphatic rings. The van der Waals surface area contributed by atoms with Gasteiger partial charge in [-0.2, -0.15) is 0 Å². The predicted octanol–water partition coefficient (Wildman–Crippen LogP) is 4.74. The van der Waals surface area contributed by atoms with Crippen LogP contribution >= 0.6 is 11.6 Å². The van der Waals surface area contributed by atoms with E-state index in [9.17, 15) is 9.18 Å². The molecule has 0 aromatic heterocycles. The highest BCUT2D eigenvalue weighted by Gasteiger charge is 2.18. The molecule has 1 aliphatic heterocycles. The van der Waals surface area contributed by atoms with Crippen LogP contribution in [0, 0.1) is 5.82 Å². The van der Waals surface area contributed by atoms with Crippen LogP contribution in [-0.4, -0.2) is 31.1 Å². The predicted molar refractivity (Wildman–Crippen MR) is 99.8 cm³/mol. The van der Waals surface area contributed by atoms with Crippen LogP contribution in [0.4, 0.5) is 20.6 Å². The minimum Gasteiger partial charge on any atom is -0.371 e. The van der Waals surface area contributed by atoms with E-state index in [2.05, 4.69) is 16.3 Å². The number of benzene rings is 2. The van der Waals surface area contributed by atoms with Crippen molar-refractivity contribution in [2.24, 2.45) is 0 Å². The van der Waals surface area contributed by atoms with Gasteiger partial charge < -0.3 is 15.1 Å². The van der Waals surface area contributed by atoms with Gasteiger partial charge >= 0.3 is 6.03 Å². The van der Waals surface area contributed by atoms with E-state index < -0.39 is 5.82 Å². The largest absolute Gasteiger partial charge is 0.371 e. The first-order chi connectivity index (χ1) is 12.0. The maximum Gasteiger partial charge on any atom is 0.321 e. The second-order valence-electron chi connectivity index (χ2n) is 6.23. The average molecular weight is 362 g/mol. The second-order valence-corrected chi connectivity index (χ2v) is 6.67. The summed E-state index contributed by atoms with van der Waals surface area (Å²) in [5.74, 6) is -0.549. The lowest BCUT2D eigenvalue weighted by Crippen LogP contribution is -2.32. The molecule has 0 saturated carbocycles. The van der Waals surface area contributed by atoms with Crippen LogP contribution in [0.15, 0.2) is 42.5 Å².